The van der Waals surface area contributed by atoms with Crippen molar-refractivity contribution in [3.05, 3.63) is 29.3 Å². The summed E-state index contributed by atoms with van der Waals surface area (Å²) in [6, 6.07) is 5.62. The fraction of sp³-hybridized carbons (Fsp3) is 0.625. The maximum absolute atomic E-state index is 13.0. The monoisotopic (exact) mass is 310 g/mol. The summed E-state index contributed by atoms with van der Waals surface area (Å²) in [5, 5.41) is 0. The highest BCUT2D eigenvalue weighted by Crippen LogP contribution is 2.27. The smallest absolute Gasteiger partial charge is 0.243 e. The minimum absolute atomic E-state index is 0.0202. The Morgan fingerprint density at radius 1 is 1.19 bits per heavy atom. The summed E-state index contributed by atoms with van der Waals surface area (Å²) in [4.78, 5) is 0.420. The van der Waals surface area contributed by atoms with Gasteiger partial charge in [-0.05, 0) is 55.4 Å². The molecule has 0 saturated heterocycles. The van der Waals surface area contributed by atoms with Gasteiger partial charge in [0.05, 0.1) is 4.90 Å². The van der Waals surface area contributed by atoms with Crippen molar-refractivity contribution in [3.8, 4) is 0 Å². The second-order valence-corrected chi connectivity index (χ2v) is 7.55. The van der Waals surface area contributed by atoms with Crippen LogP contribution in [0.3, 0.4) is 0 Å². The minimum atomic E-state index is -3.45. The van der Waals surface area contributed by atoms with Gasteiger partial charge >= 0.3 is 0 Å². The van der Waals surface area contributed by atoms with Gasteiger partial charge < -0.3 is 5.73 Å². The quantitative estimate of drug-likeness (QED) is 0.840. The fourth-order valence-electron chi connectivity index (χ4n) is 3.17. The van der Waals surface area contributed by atoms with Crippen LogP contribution in [0.2, 0.25) is 0 Å². The molecule has 0 aromatic heterocycles. The van der Waals surface area contributed by atoms with Gasteiger partial charge in [0.1, 0.15) is 0 Å². The second-order valence-electron chi connectivity index (χ2n) is 5.66. The van der Waals surface area contributed by atoms with Gasteiger partial charge in [0, 0.05) is 19.1 Å². The van der Waals surface area contributed by atoms with Gasteiger partial charge in [0.2, 0.25) is 10.0 Å². The van der Waals surface area contributed by atoms with E-state index in [1.807, 2.05) is 26.0 Å². The topological polar surface area (TPSA) is 63.4 Å². The van der Waals surface area contributed by atoms with Crippen molar-refractivity contribution in [2.75, 3.05) is 13.1 Å². The van der Waals surface area contributed by atoms with E-state index >= 15 is 0 Å². The van der Waals surface area contributed by atoms with Crippen molar-refractivity contribution in [3.63, 3.8) is 0 Å². The average molecular weight is 310 g/mol. The Morgan fingerprint density at radius 2 is 1.86 bits per heavy atom. The summed E-state index contributed by atoms with van der Waals surface area (Å²) in [6.45, 7) is 4.78. The van der Waals surface area contributed by atoms with Crippen LogP contribution < -0.4 is 5.73 Å². The minimum Gasteiger partial charge on any atom is -0.329 e. The average Bonchev–Trinajstić information content (AvgIpc) is 2.94. The molecular weight excluding hydrogens is 284 g/mol. The van der Waals surface area contributed by atoms with E-state index in [0.29, 0.717) is 18.0 Å². The zero-order valence-corrected chi connectivity index (χ0v) is 13.8. The first kappa shape index (κ1) is 16.5. The van der Waals surface area contributed by atoms with Crippen LogP contribution in [0.1, 0.15) is 44.2 Å². The molecule has 21 heavy (non-hydrogen) atoms. The van der Waals surface area contributed by atoms with E-state index in [9.17, 15) is 8.42 Å². The molecule has 1 aliphatic carbocycles. The van der Waals surface area contributed by atoms with Crippen LogP contribution in [0.25, 0.3) is 0 Å². The van der Waals surface area contributed by atoms with Gasteiger partial charge in [-0.15, -0.1) is 0 Å². The molecule has 0 unspecified atom stereocenters. The maximum atomic E-state index is 13.0. The molecule has 0 atom stereocenters. The van der Waals surface area contributed by atoms with Crippen molar-refractivity contribution in [1.82, 2.24) is 4.31 Å². The lowest BCUT2D eigenvalue weighted by atomic mass is 10.1. The first-order valence-corrected chi connectivity index (χ1v) is 9.32. The molecule has 0 saturated carbocycles. The number of nitrogens with two attached hydrogens (primary N) is 1. The molecular formula is C16H26N2O2S. The SMILES string of the molecule is CCC(CC)N(CCN)S(=O)(=O)c1ccc2c(c1)CCC2. The predicted octanol–water partition coefficient (Wildman–Crippen LogP) is 2.31. The van der Waals surface area contributed by atoms with Crippen molar-refractivity contribution in [1.29, 1.82) is 0 Å². The highest BCUT2D eigenvalue weighted by atomic mass is 32.2. The molecule has 118 valence electrons. The number of rotatable bonds is 7. The third-order valence-corrected chi connectivity index (χ3v) is 6.32. The van der Waals surface area contributed by atoms with E-state index in [2.05, 4.69) is 0 Å². The van der Waals surface area contributed by atoms with Gasteiger partial charge in [-0.3, -0.25) is 0 Å². The third-order valence-electron chi connectivity index (χ3n) is 4.38. The second kappa shape index (κ2) is 6.90. The summed E-state index contributed by atoms with van der Waals surface area (Å²) >= 11 is 0. The van der Waals surface area contributed by atoms with Crippen LogP contribution in [0, 0.1) is 0 Å². The van der Waals surface area contributed by atoms with Crippen molar-refractivity contribution in [2.24, 2.45) is 5.73 Å². The zero-order chi connectivity index (χ0) is 15.5. The summed E-state index contributed by atoms with van der Waals surface area (Å²) in [6.07, 6.45) is 4.79. The van der Waals surface area contributed by atoms with Gasteiger partial charge in [-0.1, -0.05) is 19.9 Å². The normalized spacial score (nSPS) is 14.9. The molecule has 0 bridgehead atoms. The van der Waals surface area contributed by atoms with Gasteiger partial charge in [0.25, 0.3) is 0 Å². The largest absolute Gasteiger partial charge is 0.329 e. The van der Waals surface area contributed by atoms with Crippen molar-refractivity contribution in [2.45, 2.75) is 56.9 Å². The fourth-order valence-corrected chi connectivity index (χ4v) is 5.00. The number of hydrogen-bond acceptors (Lipinski definition) is 3. The Bertz CT molecular complexity index is 580. The van der Waals surface area contributed by atoms with E-state index in [1.54, 1.807) is 10.4 Å². The van der Waals surface area contributed by atoms with Crippen LogP contribution in [0.5, 0.6) is 0 Å². The molecule has 0 amide bonds. The van der Waals surface area contributed by atoms with Crippen molar-refractivity contribution >= 4 is 10.0 Å². The number of nitrogens with zero attached hydrogens (tertiary/aromatic N) is 1. The lowest BCUT2D eigenvalue weighted by molar-refractivity contribution is 0.309. The zero-order valence-electron chi connectivity index (χ0n) is 13.0. The first-order valence-electron chi connectivity index (χ1n) is 7.88. The number of sulfonamides is 1. The molecule has 1 aromatic rings. The molecule has 0 spiro atoms. The van der Waals surface area contributed by atoms with Gasteiger partial charge in [-0.2, -0.15) is 4.31 Å². The van der Waals surface area contributed by atoms with Crippen LogP contribution in [0.4, 0.5) is 0 Å². The number of fused-ring (bicyclic) bond motifs is 1. The molecule has 0 radical (unpaired) electrons. The summed E-state index contributed by atoms with van der Waals surface area (Å²) < 4.78 is 27.5. The first-order chi connectivity index (χ1) is 10.0. The molecule has 0 heterocycles. The summed E-state index contributed by atoms with van der Waals surface area (Å²) in [5.74, 6) is 0. The Balaban J connectivity index is 2.38. The predicted molar refractivity (Wildman–Crippen MR) is 85.8 cm³/mol. The lowest BCUT2D eigenvalue weighted by Gasteiger charge is -2.29. The van der Waals surface area contributed by atoms with E-state index < -0.39 is 10.0 Å². The van der Waals surface area contributed by atoms with Crippen molar-refractivity contribution < 1.29 is 8.42 Å². The summed E-state index contributed by atoms with van der Waals surface area (Å²) in [5.41, 5.74) is 8.12. The van der Waals surface area contributed by atoms with Crippen LogP contribution in [0.15, 0.2) is 23.1 Å². The Labute approximate surface area is 128 Å². The molecule has 4 nitrogen and oxygen atoms in total. The highest BCUT2D eigenvalue weighted by Gasteiger charge is 2.29. The summed E-state index contributed by atoms with van der Waals surface area (Å²) in [7, 11) is -3.45. The van der Waals surface area contributed by atoms with Crippen LogP contribution >= 0.6 is 0 Å². The van der Waals surface area contributed by atoms with E-state index in [0.717, 1.165) is 32.1 Å². The molecule has 1 aromatic carbocycles. The van der Waals surface area contributed by atoms with Crippen LogP contribution in [-0.2, 0) is 22.9 Å². The molecule has 2 rings (SSSR count). The van der Waals surface area contributed by atoms with Gasteiger partial charge in [-0.25, -0.2) is 8.42 Å². The maximum Gasteiger partial charge on any atom is 0.243 e. The Hall–Kier alpha value is -0.910. The number of hydrogen-bond donors (Lipinski definition) is 1. The molecule has 0 fully saturated rings. The van der Waals surface area contributed by atoms with Gasteiger partial charge in [0.15, 0.2) is 0 Å². The van der Waals surface area contributed by atoms with E-state index in [-0.39, 0.29) is 6.04 Å². The number of benzene rings is 1. The van der Waals surface area contributed by atoms with E-state index in [4.69, 9.17) is 5.73 Å². The molecule has 5 heteroatoms. The Morgan fingerprint density at radius 3 is 2.48 bits per heavy atom. The molecule has 2 N–H and O–H groups in total. The molecule has 0 aliphatic heterocycles. The highest BCUT2D eigenvalue weighted by molar-refractivity contribution is 7.89. The van der Waals surface area contributed by atoms with Crippen LogP contribution in [-0.4, -0.2) is 31.9 Å². The number of aryl methyl sites for hydroxylation is 2. The third kappa shape index (κ3) is 3.30. The standard InChI is InChI=1S/C16H26N2O2S/c1-3-15(4-2)18(11-10-17)21(19,20)16-9-8-13-6-5-7-14(13)12-16/h8-9,12,15H,3-7,10-11,17H2,1-2H3. The Kier molecular flexibility index (Phi) is 5.41. The van der Waals surface area contributed by atoms with E-state index in [1.165, 1.54) is 11.1 Å². The lowest BCUT2D eigenvalue weighted by Crippen LogP contribution is -2.42. The molecule has 1 aliphatic rings.